The summed E-state index contributed by atoms with van der Waals surface area (Å²) in [6, 6.07) is 0. The molecular formula is C8H17O6P. The molecule has 0 saturated heterocycles. The van der Waals surface area contributed by atoms with E-state index in [0.717, 1.165) is 0 Å². The molecule has 0 heterocycles. The minimum Gasteiger partial charge on any atom is -0.460 e. The predicted molar refractivity (Wildman–Crippen MR) is 53.0 cm³/mol. The van der Waals surface area contributed by atoms with Crippen molar-refractivity contribution in [1.29, 1.82) is 0 Å². The molecule has 0 spiro atoms. The van der Waals surface area contributed by atoms with Gasteiger partial charge in [-0.2, -0.15) is 0 Å². The number of carbonyl (C=O) groups is 1. The maximum absolute atomic E-state index is 11.2. The lowest BCUT2D eigenvalue weighted by molar-refractivity contribution is -0.154. The Kier molecular flexibility index (Phi) is 6.05. The van der Waals surface area contributed by atoms with Crippen LogP contribution in [0.1, 0.15) is 27.2 Å². The molecule has 90 valence electrons. The molecule has 0 bridgehead atoms. The van der Waals surface area contributed by atoms with E-state index >= 15 is 0 Å². The summed E-state index contributed by atoms with van der Waals surface area (Å²) in [7, 11) is -4.49. The van der Waals surface area contributed by atoms with E-state index in [1.807, 2.05) is 0 Å². The van der Waals surface area contributed by atoms with E-state index in [1.54, 1.807) is 20.8 Å². The number of esters is 1. The van der Waals surface area contributed by atoms with E-state index in [2.05, 4.69) is 4.52 Å². The van der Waals surface area contributed by atoms with Crippen LogP contribution in [0.5, 0.6) is 0 Å². The molecule has 15 heavy (non-hydrogen) atoms. The third-order valence-corrected chi connectivity index (χ3v) is 2.12. The Labute approximate surface area is 88.8 Å². The Hall–Kier alpha value is -0.420. The van der Waals surface area contributed by atoms with Gasteiger partial charge in [-0.3, -0.25) is 9.32 Å². The molecule has 2 N–H and O–H groups in total. The smallest absolute Gasteiger partial charge is 0.460 e. The van der Waals surface area contributed by atoms with Crippen LogP contribution in [0.25, 0.3) is 0 Å². The molecule has 0 rings (SSSR count). The fourth-order valence-corrected chi connectivity index (χ4v) is 1.08. The van der Waals surface area contributed by atoms with E-state index < -0.39 is 19.9 Å². The summed E-state index contributed by atoms with van der Waals surface area (Å²) in [6.07, 6.45) is -0.175. The highest BCUT2D eigenvalue weighted by Gasteiger charge is 2.20. The first-order valence-corrected chi connectivity index (χ1v) is 6.20. The van der Waals surface area contributed by atoms with Gasteiger partial charge >= 0.3 is 13.8 Å². The second kappa shape index (κ2) is 6.23. The highest BCUT2D eigenvalue weighted by Crippen LogP contribution is 2.36. The Bertz CT molecular complexity index is 246. The van der Waals surface area contributed by atoms with Crippen molar-refractivity contribution in [2.45, 2.75) is 33.3 Å². The van der Waals surface area contributed by atoms with E-state index in [4.69, 9.17) is 14.5 Å². The molecule has 1 unspecified atom stereocenters. The normalized spacial score (nSPS) is 14.0. The molecule has 0 aromatic carbocycles. The van der Waals surface area contributed by atoms with Gasteiger partial charge in [-0.05, 0) is 6.42 Å². The first kappa shape index (κ1) is 14.6. The Morgan fingerprint density at radius 2 is 1.93 bits per heavy atom. The van der Waals surface area contributed by atoms with Gasteiger partial charge in [-0.1, -0.05) is 20.8 Å². The summed E-state index contributed by atoms with van der Waals surface area (Å²) in [6.45, 7) is 4.80. The molecule has 0 amide bonds. The molecule has 0 radical (unpaired) electrons. The van der Waals surface area contributed by atoms with Crippen LogP contribution in [0.2, 0.25) is 0 Å². The third kappa shape index (κ3) is 7.50. The van der Waals surface area contributed by atoms with Crippen LogP contribution in [-0.2, 0) is 18.6 Å². The van der Waals surface area contributed by atoms with Crippen molar-refractivity contribution in [2.75, 3.05) is 6.61 Å². The van der Waals surface area contributed by atoms with E-state index in [-0.39, 0.29) is 12.5 Å². The number of rotatable bonds is 6. The minimum absolute atomic E-state index is 0.269. The SMILES string of the molecule is CCC(COP(=O)(O)O)OC(=O)C(C)C. The van der Waals surface area contributed by atoms with Crippen LogP contribution in [0.3, 0.4) is 0 Å². The van der Waals surface area contributed by atoms with Crippen LogP contribution in [0, 0.1) is 5.92 Å². The number of hydrogen-bond donors (Lipinski definition) is 2. The van der Waals surface area contributed by atoms with Gasteiger partial charge < -0.3 is 14.5 Å². The Morgan fingerprint density at radius 3 is 2.27 bits per heavy atom. The lowest BCUT2D eigenvalue weighted by atomic mass is 10.2. The summed E-state index contributed by atoms with van der Waals surface area (Å²) in [5.74, 6) is -0.676. The monoisotopic (exact) mass is 240 g/mol. The van der Waals surface area contributed by atoms with Crippen molar-refractivity contribution < 1.29 is 28.4 Å². The van der Waals surface area contributed by atoms with Gasteiger partial charge in [-0.15, -0.1) is 0 Å². The lowest BCUT2D eigenvalue weighted by Gasteiger charge is -2.17. The summed E-state index contributed by atoms with van der Waals surface area (Å²) >= 11 is 0. The largest absolute Gasteiger partial charge is 0.469 e. The van der Waals surface area contributed by atoms with E-state index in [1.165, 1.54) is 0 Å². The quantitative estimate of drug-likeness (QED) is 0.533. The molecule has 0 aliphatic rings. The number of carbonyl (C=O) groups excluding carboxylic acids is 1. The fraction of sp³-hybridized carbons (Fsp3) is 0.875. The number of phosphoric acid groups is 1. The average Bonchev–Trinajstić information content (AvgIpc) is 2.10. The molecule has 7 heteroatoms. The van der Waals surface area contributed by atoms with Gasteiger partial charge in [0, 0.05) is 0 Å². The van der Waals surface area contributed by atoms with Crippen molar-refractivity contribution >= 4 is 13.8 Å². The number of hydrogen-bond acceptors (Lipinski definition) is 4. The maximum Gasteiger partial charge on any atom is 0.469 e. The minimum atomic E-state index is -4.49. The third-order valence-electron chi connectivity index (χ3n) is 1.64. The zero-order valence-electron chi connectivity index (χ0n) is 9.04. The van der Waals surface area contributed by atoms with Crippen LogP contribution in [0.4, 0.5) is 0 Å². The first-order valence-electron chi connectivity index (χ1n) is 4.66. The highest BCUT2D eigenvalue weighted by atomic mass is 31.2. The van der Waals surface area contributed by atoms with E-state index in [0.29, 0.717) is 6.42 Å². The molecule has 0 aliphatic carbocycles. The molecule has 6 nitrogen and oxygen atoms in total. The molecule has 0 aromatic heterocycles. The highest BCUT2D eigenvalue weighted by molar-refractivity contribution is 7.46. The second-order valence-corrected chi connectivity index (χ2v) is 4.65. The number of phosphoric ester groups is 1. The molecular weight excluding hydrogens is 223 g/mol. The first-order chi connectivity index (χ1) is 6.76. The molecule has 0 fully saturated rings. The van der Waals surface area contributed by atoms with Crippen molar-refractivity contribution in [2.24, 2.45) is 5.92 Å². The zero-order chi connectivity index (χ0) is 12.1. The van der Waals surface area contributed by atoms with Crippen LogP contribution in [-0.4, -0.2) is 28.5 Å². The Morgan fingerprint density at radius 1 is 1.40 bits per heavy atom. The maximum atomic E-state index is 11.2. The molecule has 0 aromatic rings. The van der Waals surface area contributed by atoms with Crippen molar-refractivity contribution in [3.8, 4) is 0 Å². The van der Waals surface area contributed by atoms with E-state index in [9.17, 15) is 9.36 Å². The van der Waals surface area contributed by atoms with Gasteiger partial charge in [0.2, 0.25) is 0 Å². The average molecular weight is 240 g/mol. The second-order valence-electron chi connectivity index (χ2n) is 3.41. The standard InChI is InChI=1S/C8H17O6P/c1-4-7(5-13-15(10,11)12)14-8(9)6(2)3/h6-7H,4-5H2,1-3H3,(H2,10,11,12). The van der Waals surface area contributed by atoms with Crippen LogP contribution >= 0.6 is 7.82 Å². The number of ether oxygens (including phenoxy) is 1. The summed E-state index contributed by atoms with van der Waals surface area (Å²) in [4.78, 5) is 28.1. The van der Waals surface area contributed by atoms with Gasteiger partial charge in [0.15, 0.2) is 0 Å². The van der Waals surface area contributed by atoms with Crippen LogP contribution in [0.15, 0.2) is 0 Å². The van der Waals surface area contributed by atoms with Crippen molar-refractivity contribution in [3.63, 3.8) is 0 Å². The molecule has 0 saturated carbocycles. The Balaban J connectivity index is 4.04. The summed E-state index contributed by atoms with van der Waals surface area (Å²) in [5, 5.41) is 0. The van der Waals surface area contributed by atoms with Gasteiger partial charge in [0.25, 0.3) is 0 Å². The van der Waals surface area contributed by atoms with Crippen molar-refractivity contribution in [3.05, 3.63) is 0 Å². The molecule has 0 aliphatic heterocycles. The topological polar surface area (TPSA) is 93.1 Å². The zero-order valence-corrected chi connectivity index (χ0v) is 9.94. The van der Waals surface area contributed by atoms with Crippen molar-refractivity contribution in [1.82, 2.24) is 0 Å². The van der Waals surface area contributed by atoms with Gasteiger partial charge in [0.1, 0.15) is 6.10 Å². The molecule has 1 atom stereocenters. The lowest BCUT2D eigenvalue weighted by Crippen LogP contribution is -2.24. The predicted octanol–water partition coefficient (Wildman–Crippen LogP) is 1.07. The van der Waals surface area contributed by atoms with Crippen LogP contribution < -0.4 is 0 Å². The summed E-state index contributed by atoms with van der Waals surface area (Å²) in [5.41, 5.74) is 0. The summed E-state index contributed by atoms with van der Waals surface area (Å²) < 4.78 is 19.6. The van der Waals surface area contributed by atoms with Gasteiger partial charge in [-0.25, -0.2) is 4.57 Å². The fourth-order valence-electron chi connectivity index (χ4n) is 0.716. The van der Waals surface area contributed by atoms with Gasteiger partial charge in [0.05, 0.1) is 12.5 Å².